The van der Waals surface area contributed by atoms with Crippen LogP contribution in [0.3, 0.4) is 0 Å². The molecular formula is C17H22BrNO2. The predicted molar refractivity (Wildman–Crippen MR) is 89.1 cm³/mol. The topological polar surface area (TPSA) is 34.4 Å². The van der Waals surface area contributed by atoms with Crippen LogP contribution in [0.5, 0.6) is 5.75 Å². The molecule has 0 amide bonds. The summed E-state index contributed by atoms with van der Waals surface area (Å²) in [6, 6.07) is 6.34. The van der Waals surface area contributed by atoms with E-state index in [0.717, 1.165) is 45.0 Å². The molecule has 1 aromatic carbocycles. The number of nitrogens with one attached hydrogen (secondary N) is 1. The Labute approximate surface area is 134 Å². The Morgan fingerprint density at radius 2 is 1.90 bits per heavy atom. The summed E-state index contributed by atoms with van der Waals surface area (Å²) in [6.07, 6.45) is 0. The fourth-order valence-corrected chi connectivity index (χ4v) is 2.96. The van der Waals surface area contributed by atoms with E-state index in [1.54, 1.807) is 7.11 Å². The summed E-state index contributed by atoms with van der Waals surface area (Å²) in [5.74, 6) is 2.76. The smallest absolute Gasteiger partial charge is 0.124 e. The Hall–Kier alpha value is -1.26. The number of ether oxygens (including phenoxy) is 1. The first-order chi connectivity index (χ1) is 9.97. The number of methoxy groups -OCH3 is 1. The lowest BCUT2D eigenvalue weighted by Gasteiger charge is -2.21. The zero-order valence-electron chi connectivity index (χ0n) is 13.2. The second-order valence-corrected chi connectivity index (χ2v) is 6.06. The van der Waals surface area contributed by atoms with Crippen molar-refractivity contribution in [1.29, 1.82) is 0 Å². The maximum absolute atomic E-state index is 5.70. The van der Waals surface area contributed by atoms with Gasteiger partial charge in [0.1, 0.15) is 17.3 Å². The molecular weight excluding hydrogens is 330 g/mol. The number of hydrogen-bond acceptors (Lipinski definition) is 3. The number of furan rings is 1. The van der Waals surface area contributed by atoms with Crippen molar-refractivity contribution >= 4 is 15.9 Å². The van der Waals surface area contributed by atoms with Crippen LogP contribution in [0.25, 0.3) is 0 Å². The first-order valence-corrected chi connectivity index (χ1v) is 7.91. The van der Waals surface area contributed by atoms with Crippen molar-refractivity contribution in [2.45, 2.75) is 33.7 Å². The number of halogens is 1. The molecule has 21 heavy (non-hydrogen) atoms. The van der Waals surface area contributed by atoms with Crippen molar-refractivity contribution in [2.24, 2.45) is 0 Å². The molecule has 0 aliphatic rings. The molecule has 0 aliphatic carbocycles. The summed E-state index contributed by atoms with van der Waals surface area (Å²) in [7, 11) is 1.71. The quantitative estimate of drug-likeness (QED) is 0.849. The highest BCUT2D eigenvalue weighted by molar-refractivity contribution is 9.10. The van der Waals surface area contributed by atoms with E-state index in [2.05, 4.69) is 53.3 Å². The fourth-order valence-electron chi connectivity index (χ4n) is 2.60. The summed E-state index contributed by atoms with van der Waals surface area (Å²) in [5.41, 5.74) is 3.43. The van der Waals surface area contributed by atoms with E-state index in [9.17, 15) is 0 Å². The summed E-state index contributed by atoms with van der Waals surface area (Å²) in [5, 5.41) is 3.53. The molecule has 1 aromatic heterocycles. The lowest BCUT2D eigenvalue weighted by atomic mass is 9.97. The summed E-state index contributed by atoms with van der Waals surface area (Å²) in [4.78, 5) is 0. The van der Waals surface area contributed by atoms with Gasteiger partial charge in [0.15, 0.2) is 0 Å². The molecule has 2 rings (SSSR count). The van der Waals surface area contributed by atoms with Crippen molar-refractivity contribution in [1.82, 2.24) is 5.32 Å². The van der Waals surface area contributed by atoms with Gasteiger partial charge in [0, 0.05) is 15.6 Å². The third-order valence-corrected chi connectivity index (χ3v) is 4.47. The normalized spacial score (nSPS) is 12.5. The minimum absolute atomic E-state index is 0.0549. The Kier molecular flexibility index (Phi) is 5.12. The molecule has 0 bridgehead atoms. The van der Waals surface area contributed by atoms with E-state index in [1.165, 1.54) is 0 Å². The van der Waals surface area contributed by atoms with E-state index >= 15 is 0 Å². The second-order valence-electron chi connectivity index (χ2n) is 5.20. The van der Waals surface area contributed by atoms with Crippen LogP contribution in [0.2, 0.25) is 0 Å². The molecule has 1 atom stereocenters. The Morgan fingerprint density at radius 1 is 1.19 bits per heavy atom. The zero-order valence-corrected chi connectivity index (χ0v) is 14.8. The van der Waals surface area contributed by atoms with Gasteiger partial charge in [-0.05, 0) is 51.1 Å². The standard InChI is InChI=1S/C17H22BrNO2/c1-6-19-17(13-8-11(3)21-12(13)4)14-9-15(18)10(2)7-16(14)20-5/h7-9,17,19H,6H2,1-5H3. The van der Waals surface area contributed by atoms with Crippen molar-refractivity contribution < 1.29 is 9.15 Å². The Bertz CT molecular complexity index is 634. The van der Waals surface area contributed by atoms with Gasteiger partial charge in [0.25, 0.3) is 0 Å². The predicted octanol–water partition coefficient (Wildman–Crippen LogP) is 4.67. The third kappa shape index (κ3) is 3.33. The van der Waals surface area contributed by atoms with Crippen LogP contribution in [0.15, 0.2) is 27.1 Å². The number of hydrogen-bond donors (Lipinski definition) is 1. The first kappa shape index (κ1) is 16.1. The van der Waals surface area contributed by atoms with Crippen LogP contribution in [0.4, 0.5) is 0 Å². The van der Waals surface area contributed by atoms with Crippen molar-refractivity contribution in [2.75, 3.05) is 13.7 Å². The summed E-state index contributed by atoms with van der Waals surface area (Å²) < 4.78 is 12.4. The van der Waals surface area contributed by atoms with E-state index in [1.807, 2.05) is 13.8 Å². The van der Waals surface area contributed by atoms with E-state index in [0.29, 0.717) is 0 Å². The molecule has 114 valence electrons. The van der Waals surface area contributed by atoms with Crippen LogP contribution in [-0.2, 0) is 0 Å². The highest BCUT2D eigenvalue weighted by Crippen LogP contribution is 2.36. The minimum atomic E-state index is 0.0549. The molecule has 0 aliphatic heterocycles. The molecule has 1 N–H and O–H groups in total. The lowest BCUT2D eigenvalue weighted by molar-refractivity contribution is 0.403. The average molecular weight is 352 g/mol. The maximum atomic E-state index is 5.70. The molecule has 3 nitrogen and oxygen atoms in total. The van der Waals surface area contributed by atoms with Gasteiger partial charge in [0.2, 0.25) is 0 Å². The van der Waals surface area contributed by atoms with Gasteiger partial charge in [-0.3, -0.25) is 0 Å². The van der Waals surface area contributed by atoms with Gasteiger partial charge >= 0.3 is 0 Å². The number of aryl methyl sites for hydroxylation is 3. The SMILES string of the molecule is CCNC(c1cc(Br)c(C)cc1OC)c1cc(C)oc1C. The number of rotatable bonds is 5. The van der Waals surface area contributed by atoms with Crippen LogP contribution in [0, 0.1) is 20.8 Å². The summed E-state index contributed by atoms with van der Waals surface area (Å²) >= 11 is 3.62. The van der Waals surface area contributed by atoms with Crippen molar-refractivity contribution in [3.63, 3.8) is 0 Å². The van der Waals surface area contributed by atoms with Gasteiger partial charge < -0.3 is 14.5 Å². The minimum Gasteiger partial charge on any atom is -0.496 e. The molecule has 0 saturated carbocycles. The third-order valence-electron chi connectivity index (χ3n) is 3.62. The Morgan fingerprint density at radius 3 is 2.43 bits per heavy atom. The van der Waals surface area contributed by atoms with E-state index in [4.69, 9.17) is 9.15 Å². The van der Waals surface area contributed by atoms with Gasteiger partial charge in [0.05, 0.1) is 13.2 Å². The zero-order chi connectivity index (χ0) is 15.6. The van der Waals surface area contributed by atoms with Gasteiger partial charge in [-0.25, -0.2) is 0 Å². The average Bonchev–Trinajstić information content (AvgIpc) is 2.77. The molecule has 1 heterocycles. The fraction of sp³-hybridized carbons (Fsp3) is 0.412. The van der Waals surface area contributed by atoms with Crippen LogP contribution < -0.4 is 10.1 Å². The monoisotopic (exact) mass is 351 g/mol. The maximum Gasteiger partial charge on any atom is 0.124 e. The van der Waals surface area contributed by atoms with E-state index < -0.39 is 0 Å². The Balaban J connectivity index is 2.57. The van der Waals surface area contributed by atoms with Crippen LogP contribution in [-0.4, -0.2) is 13.7 Å². The van der Waals surface area contributed by atoms with Crippen molar-refractivity contribution in [3.8, 4) is 5.75 Å². The van der Waals surface area contributed by atoms with Crippen LogP contribution in [0.1, 0.15) is 41.2 Å². The number of benzene rings is 1. The second kappa shape index (κ2) is 6.67. The molecule has 1 unspecified atom stereocenters. The molecule has 2 aromatic rings. The molecule has 0 saturated heterocycles. The van der Waals surface area contributed by atoms with Gasteiger partial charge in [-0.15, -0.1) is 0 Å². The van der Waals surface area contributed by atoms with E-state index in [-0.39, 0.29) is 6.04 Å². The lowest BCUT2D eigenvalue weighted by Crippen LogP contribution is -2.23. The molecule has 0 fully saturated rings. The molecule has 0 radical (unpaired) electrons. The van der Waals surface area contributed by atoms with Gasteiger partial charge in [-0.2, -0.15) is 0 Å². The first-order valence-electron chi connectivity index (χ1n) is 7.12. The van der Waals surface area contributed by atoms with Gasteiger partial charge in [-0.1, -0.05) is 22.9 Å². The highest BCUT2D eigenvalue weighted by atomic mass is 79.9. The molecule has 0 spiro atoms. The molecule has 4 heteroatoms. The summed E-state index contributed by atoms with van der Waals surface area (Å²) in [6.45, 7) is 9.00. The van der Waals surface area contributed by atoms with Crippen LogP contribution >= 0.6 is 15.9 Å². The van der Waals surface area contributed by atoms with Crippen molar-refractivity contribution in [3.05, 3.63) is 50.9 Å². The highest BCUT2D eigenvalue weighted by Gasteiger charge is 2.22. The largest absolute Gasteiger partial charge is 0.496 e.